The van der Waals surface area contributed by atoms with Crippen LogP contribution in [0.15, 0.2) is 18.2 Å². The fourth-order valence-corrected chi connectivity index (χ4v) is 2.02. The van der Waals surface area contributed by atoms with Gasteiger partial charge in [0.1, 0.15) is 5.75 Å². The fourth-order valence-electron chi connectivity index (χ4n) is 2.02. The van der Waals surface area contributed by atoms with Gasteiger partial charge in [0.15, 0.2) is 0 Å². The van der Waals surface area contributed by atoms with Crippen LogP contribution in [-0.2, 0) is 4.79 Å². The summed E-state index contributed by atoms with van der Waals surface area (Å²) in [6.45, 7) is 5.57. The molecule has 1 aromatic rings. The van der Waals surface area contributed by atoms with Gasteiger partial charge >= 0.3 is 0 Å². The number of likely N-dealkylation sites (N-methyl/N-ethyl adjacent to an activating group) is 1. The Bertz CT molecular complexity index is 443. The van der Waals surface area contributed by atoms with Crippen LogP contribution in [0.25, 0.3) is 0 Å². The summed E-state index contributed by atoms with van der Waals surface area (Å²) in [5.41, 5.74) is 2.00. The average molecular weight is 265 g/mol. The molecule has 4 nitrogen and oxygen atoms in total. The Morgan fingerprint density at radius 1 is 1.42 bits per heavy atom. The van der Waals surface area contributed by atoms with Gasteiger partial charge in [0.2, 0.25) is 5.91 Å². The van der Waals surface area contributed by atoms with Gasteiger partial charge in [0, 0.05) is 19.5 Å². The van der Waals surface area contributed by atoms with Crippen molar-refractivity contribution in [2.24, 2.45) is 0 Å². The predicted octanol–water partition coefficient (Wildman–Crippen LogP) is 2.33. The standard InChI is InChI=1S/C15H23NO3/c1-10(2)12-6-7-15(19-5)13(8-12)14(9-17)16(4)11(3)18/h6-8,10,14,17H,9H2,1-5H3. The lowest BCUT2D eigenvalue weighted by Gasteiger charge is -2.28. The van der Waals surface area contributed by atoms with E-state index in [1.165, 1.54) is 11.8 Å². The summed E-state index contributed by atoms with van der Waals surface area (Å²) in [5, 5.41) is 9.60. The highest BCUT2D eigenvalue weighted by Crippen LogP contribution is 2.31. The molecule has 0 saturated heterocycles. The number of ether oxygens (including phenoxy) is 1. The average Bonchev–Trinajstić information content (AvgIpc) is 2.39. The second-order valence-corrected chi connectivity index (χ2v) is 4.98. The van der Waals surface area contributed by atoms with Crippen LogP contribution in [0.5, 0.6) is 5.75 Å². The first-order valence-electron chi connectivity index (χ1n) is 6.44. The number of aliphatic hydroxyl groups excluding tert-OH is 1. The third kappa shape index (κ3) is 3.47. The third-order valence-electron chi connectivity index (χ3n) is 3.42. The van der Waals surface area contributed by atoms with Gasteiger partial charge in [0.25, 0.3) is 0 Å². The number of carbonyl (C=O) groups excluding carboxylic acids is 1. The molecule has 0 aliphatic carbocycles. The smallest absolute Gasteiger partial charge is 0.219 e. The summed E-state index contributed by atoms with van der Waals surface area (Å²) >= 11 is 0. The largest absolute Gasteiger partial charge is 0.496 e. The van der Waals surface area contributed by atoms with E-state index in [1.54, 1.807) is 14.2 Å². The zero-order valence-corrected chi connectivity index (χ0v) is 12.3. The van der Waals surface area contributed by atoms with E-state index in [-0.39, 0.29) is 18.6 Å². The minimum absolute atomic E-state index is 0.0870. The normalized spacial score (nSPS) is 12.4. The number of hydrogen-bond donors (Lipinski definition) is 1. The number of methoxy groups -OCH3 is 1. The maximum absolute atomic E-state index is 11.5. The minimum atomic E-state index is -0.383. The maximum atomic E-state index is 11.5. The van der Waals surface area contributed by atoms with Crippen LogP contribution >= 0.6 is 0 Å². The monoisotopic (exact) mass is 265 g/mol. The highest BCUT2D eigenvalue weighted by Gasteiger charge is 2.22. The Balaban J connectivity index is 3.27. The van der Waals surface area contributed by atoms with Gasteiger partial charge in [-0.3, -0.25) is 4.79 Å². The molecule has 1 N–H and O–H groups in total. The zero-order valence-electron chi connectivity index (χ0n) is 12.3. The van der Waals surface area contributed by atoms with Gasteiger partial charge in [0.05, 0.1) is 19.8 Å². The number of rotatable bonds is 5. The number of benzene rings is 1. The molecule has 1 amide bonds. The predicted molar refractivity (Wildman–Crippen MR) is 75.4 cm³/mol. The molecule has 1 atom stereocenters. The van der Waals surface area contributed by atoms with Crippen LogP contribution in [0.2, 0.25) is 0 Å². The minimum Gasteiger partial charge on any atom is -0.496 e. The molecule has 4 heteroatoms. The SMILES string of the molecule is COc1ccc(C(C)C)cc1C(CO)N(C)C(C)=O. The van der Waals surface area contributed by atoms with Gasteiger partial charge in [-0.1, -0.05) is 19.9 Å². The molecule has 1 aromatic carbocycles. The van der Waals surface area contributed by atoms with Crippen molar-refractivity contribution in [3.8, 4) is 5.75 Å². The number of nitrogens with zero attached hydrogens (tertiary/aromatic N) is 1. The molecule has 1 unspecified atom stereocenters. The van der Waals surface area contributed by atoms with Gasteiger partial charge in [-0.25, -0.2) is 0 Å². The van der Waals surface area contributed by atoms with Crippen LogP contribution in [0.3, 0.4) is 0 Å². The lowest BCUT2D eigenvalue weighted by atomic mass is 9.96. The van der Waals surface area contributed by atoms with Crippen LogP contribution in [0.1, 0.15) is 43.9 Å². The molecule has 0 aliphatic rings. The first kappa shape index (κ1) is 15.5. The molecule has 0 fully saturated rings. The molecule has 0 heterocycles. The van der Waals surface area contributed by atoms with E-state index in [2.05, 4.69) is 13.8 Å². The van der Waals surface area contributed by atoms with Crippen molar-refractivity contribution < 1.29 is 14.6 Å². The van der Waals surface area contributed by atoms with E-state index in [0.29, 0.717) is 11.7 Å². The van der Waals surface area contributed by atoms with E-state index in [1.807, 2.05) is 18.2 Å². The summed E-state index contributed by atoms with van der Waals surface area (Å²) in [4.78, 5) is 13.0. The van der Waals surface area contributed by atoms with Gasteiger partial charge in [-0.05, 0) is 23.6 Å². The van der Waals surface area contributed by atoms with Gasteiger partial charge < -0.3 is 14.7 Å². The second kappa shape index (κ2) is 6.57. The van der Waals surface area contributed by atoms with Crippen molar-refractivity contribution in [3.63, 3.8) is 0 Å². The Morgan fingerprint density at radius 3 is 2.47 bits per heavy atom. The Hall–Kier alpha value is -1.55. The Morgan fingerprint density at radius 2 is 2.05 bits per heavy atom. The summed E-state index contributed by atoms with van der Waals surface area (Å²) in [6.07, 6.45) is 0. The fraction of sp³-hybridized carbons (Fsp3) is 0.533. The number of hydrogen-bond acceptors (Lipinski definition) is 3. The summed E-state index contributed by atoms with van der Waals surface area (Å²) < 4.78 is 5.34. The first-order valence-corrected chi connectivity index (χ1v) is 6.44. The quantitative estimate of drug-likeness (QED) is 0.889. The molecule has 0 spiro atoms. The molecule has 106 valence electrons. The van der Waals surface area contributed by atoms with Crippen LogP contribution in [-0.4, -0.2) is 36.7 Å². The van der Waals surface area contributed by atoms with Crippen LogP contribution in [0.4, 0.5) is 0 Å². The van der Waals surface area contributed by atoms with E-state index in [9.17, 15) is 9.90 Å². The van der Waals surface area contributed by atoms with Gasteiger partial charge in [-0.15, -0.1) is 0 Å². The maximum Gasteiger partial charge on any atom is 0.219 e. The van der Waals surface area contributed by atoms with E-state index >= 15 is 0 Å². The molecule has 1 rings (SSSR count). The van der Waals surface area contributed by atoms with E-state index in [4.69, 9.17) is 4.74 Å². The topological polar surface area (TPSA) is 49.8 Å². The second-order valence-electron chi connectivity index (χ2n) is 4.98. The van der Waals surface area contributed by atoms with E-state index < -0.39 is 0 Å². The van der Waals surface area contributed by atoms with E-state index in [0.717, 1.165) is 11.1 Å². The molecule has 0 radical (unpaired) electrons. The van der Waals surface area contributed by atoms with Gasteiger partial charge in [-0.2, -0.15) is 0 Å². The van der Waals surface area contributed by atoms with Crippen molar-refractivity contribution in [1.82, 2.24) is 4.90 Å². The highest BCUT2D eigenvalue weighted by atomic mass is 16.5. The van der Waals surface area contributed by atoms with Crippen LogP contribution in [0, 0.1) is 0 Å². The number of aliphatic hydroxyl groups is 1. The molecule has 0 aromatic heterocycles. The van der Waals surface area contributed by atoms with Crippen molar-refractivity contribution in [2.45, 2.75) is 32.7 Å². The molecule has 0 saturated carbocycles. The zero-order chi connectivity index (χ0) is 14.6. The van der Waals surface area contributed by atoms with Crippen molar-refractivity contribution in [2.75, 3.05) is 20.8 Å². The summed E-state index contributed by atoms with van der Waals surface area (Å²) in [7, 11) is 3.28. The van der Waals surface area contributed by atoms with Crippen molar-refractivity contribution in [1.29, 1.82) is 0 Å². The first-order chi connectivity index (χ1) is 8.92. The lowest BCUT2D eigenvalue weighted by molar-refractivity contribution is -0.130. The Labute approximate surface area is 115 Å². The number of carbonyl (C=O) groups is 1. The van der Waals surface area contributed by atoms with Crippen molar-refractivity contribution >= 4 is 5.91 Å². The summed E-state index contributed by atoms with van der Waals surface area (Å²) in [6, 6.07) is 5.52. The Kier molecular flexibility index (Phi) is 5.36. The summed E-state index contributed by atoms with van der Waals surface area (Å²) in [5.74, 6) is 0.985. The molecular weight excluding hydrogens is 242 g/mol. The third-order valence-corrected chi connectivity index (χ3v) is 3.42. The molecule has 0 aliphatic heterocycles. The van der Waals surface area contributed by atoms with Crippen molar-refractivity contribution in [3.05, 3.63) is 29.3 Å². The highest BCUT2D eigenvalue weighted by molar-refractivity contribution is 5.73. The number of amides is 1. The van der Waals surface area contributed by atoms with Crippen LogP contribution < -0.4 is 4.74 Å². The molecule has 0 bridgehead atoms. The lowest BCUT2D eigenvalue weighted by Crippen LogP contribution is -2.31. The molecular formula is C15H23NO3. The molecule has 19 heavy (non-hydrogen) atoms.